The molecule has 2 N–H and O–H groups in total. The molecule has 0 aliphatic carbocycles. The summed E-state index contributed by atoms with van der Waals surface area (Å²) in [5.41, 5.74) is 3.39. The zero-order valence-electron chi connectivity index (χ0n) is 11.4. The Morgan fingerprint density at radius 2 is 1.71 bits per heavy atom. The molecule has 0 amide bonds. The molecule has 3 rings (SSSR count). The van der Waals surface area contributed by atoms with Gasteiger partial charge in [0.05, 0.1) is 0 Å². The van der Waals surface area contributed by atoms with Crippen LogP contribution in [0.2, 0.25) is 0 Å². The van der Waals surface area contributed by atoms with Crippen molar-refractivity contribution in [2.75, 3.05) is 5.32 Å². The van der Waals surface area contributed by atoms with Crippen molar-refractivity contribution in [2.24, 2.45) is 4.99 Å². The fourth-order valence-electron chi connectivity index (χ4n) is 2.18. The van der Waals surface area contributed by atoms with Gasteiger partial charge in [0.2, 0.25) is 0 Å². The number of nitrogens with one attached hydrogen (secondary N) is 2. The van der Waals surface area contributed by atoms with Gasteiger partial charge in [0.15, 0.2) is 5.11 Å². The Labute approximate surface area is 129 Å². The van der Waals surface area contributed by atoms with Crippen LogP contribution < -0.4 is 10.6 Å². The van der Waals surface area contributed by atoms with E-state index in [4.69, 9.17) is 12.2 Å². The van der Waals surface area contributed by atoms with Crippen molar-refractivity contribution in [3.8, 4) is 0 Å². The number of anilines is 1. The maximum Gasteiger partial charge on any atom is 0.176 e. The lowest BCUT2D eigenvalue weighted by Gasteiger charge is -2.12. The lowest BCUT2D eigenvalue weighted by molar-refractivity contribution is 1.21. The van der Waals surface area contributed by atoms with Crippen molar-refractivity contribution in [3.63, 3.8) is 0 Å². The third-order valence-corrected chi connectivity index (χ3v) is 3.39. The monoisotopic (exact) mass is 293 g/mol. The van der Waals surface area contributed by atoms with Gasteiger partial charge in [-0.3, -0.25) is 0 Å². The summed E-state index contributed by atoms with van der Waals surface area (Å²) in [6.07, 6.45) is 4.55. The van der Waals surface area contributed by atoms with Gasteiger partial charge in [-0.05, 0) is 41.6 Å². The van der Waals surface area contributed by atoms with Crippen molar-refractivity contribution >= 4 is 34.9 Å². The van der Waals surface area contributed by atoms with Crippen LogP contribution in [0.3, 0.4) is 0 Å². The number of aliphatic imine (C=N–C) groups is 1. The molecule has 0 bridgehead atoms. The average molecular weight is 293 g/mol. The van der Waals surface area contributed by atoms with Gasteiger partial charge in [-0.1, -0.05) is 42.5 Å². The first kappa shape index (κ1) is 13.5. The zero-order valence-corrected chi connectivity index (χ0v) is 12.2. The summed E-state index contributed by atoms with van der Waals surface area (Å²) in [4.78, 5) is 4.42. The highest BCUT2D eigenvalue weighted by atomic mass is 32.1. The molecular formula is C17H15N3S. The summed E-state index contributed by atoms with van der Waals surface area (Å²) < 4.78 is 0. The molecule has 0 unspecified atom stereocenters. The number of nitrogens with zero attached hydrogens (tertiary/aromatic N) is 1. The Kier molecular flexibility index (Phi) is 4.07. The lowest BCUT2D eigenvalue weighted by Crippen LogP contribution is -2.35. The third-order valence-electron chi connectivity index (χ3n) is 3.19. The highest BCUT2D eigenvalue weighted by molar-refractivity contribution is 7.80. The highest BCUT2D eigenvalue weighted by Gasteiger charge is 2.08. The molecule has 21 heavy (non-hydrogen) atoms. The molecule has 0 radical (unpaired) electrons. The Bertz CT molecular complexity index is 705. The fourth-order valence-corrected chi connectivity index (χ4v) is 2.42. The topological polar surface area (TPSA) is 36.4 Å². The summed E-state index contributed by atoms with van der Waals surface area (Å²) in [7, 11) is 0. The molecule has 3 nitrogen and oxygen atoms in total. The van der Waals surface area contributed by atoms with Gasteiger partial charge in [-0.15, -0.1) is 0 Å². The van der Waals surface area contributed by atoms with Gasteiger partial charge in [-0.2, -0.15) is 0 Å². The molecular weight excluding hydrogens is 278 g/mol. The van der Waals surface area contributed by atoms with Crippen molar-refractivity contribution < 1.29 is 0 Å². The molecule has 0 atom stereocenters. The Morgan fingerprint density at radius 3 is 2.57 bits per heavy atom. The molecule has 0 saturated carbocycles. The molecule has 1 aliphatic heterocycles. The van der Waals surface area contributed by atoms with E-state index in [2.05, 4.69) is 27.8 Å². The largest absolute Gasteiger partial charge is 0.332 e. The minimum absolute atomic E-state index is 0.549. The molecule has 0 aromatic heterocycles. The number of hydrogen-bond acceptors (Lipinski definition) is 2. The lowest BCUT2D eigenvalue weighted by atomic mass is 10.0. The minimum atomic E-state index is 0.549. The van der Waals surface area contributed by atoms with E-state index in [1.807, 2.05) is 48.5 Å². The molecule has 2 aromatic rings. The van der Waals surface area contributed by atoms with E-state index in [1.165, 1.54) is 11.1 Å². The average Bonchev–Trinajstić information content (AvgIpc) is 2.69. The number of para-hydroxylation sites is 1. The first-order valence-electron chi connectivity index (χ1n) is 6.75. The van der Waals surface area contributed by atoms with Crippen molar-refractivity contribution in [1.29, 1.82) is 0 Å². The number of hydrogen-bond donors (Lipinski definition) is 2. The van der Waals surface area contributed by atoms with Gasteiger partial charge >= 0.3 is 0 Å². The summed E-state index contributed by atoms with van der Waals surface area (Å²) in [5.74, 6) is 0.838. The second-order valence-corrected chi connectivity index (χ2v) is 5.12. The maximum absolute atomic E-state index is 5.33. The molecule has 0 spiro atoms. The van der Waals surface area contributed by atoms with E-state index in [-0.39, 0.29) is 0 Å². The van der Waals surface area contributed by atoms with Crippen LogP contribution in [-0.2, 0) is 6.42 Å². The highest BCUT2D eigenvalue weighted by Crippen LogP contribution is 2.14. The molecule has 2 aromatic carbocycles. The third kappa shape index (κ3) is 3.55. The summed E-state index contributed by atoms with van der Waals surface area (Å²) in [6.45, 7) is 0. The Balaban J connectivity index is 1.67. The molecule has 1 aliphatic rings. The van der Waals surface area contributed by atoms with Crippen LogP contribution in [0.15, 0.2) is 65.8 Å². The molecule has 104 valence electrons. The Hall–Kier alpha value is -2.46. The number of fused-ring (bicyclic) bond motifs is 1. The minimum Gasteiger partial charge on any atom is -0.332 e. The van der Waals surface area contributed by atoms with Gasteiger partial charge < -0.3 is 10.6 Å². The van der Waals surface area contributed by atoms with Crippen LogP contribution in [0.4, 0.5) is 5.69 Å². The van der Waals surface area contributed by atoms with E-state index in [1.54, 1.807) is 6.20 Å². The zero-order chi connectivity index (χ0) is 14.5. The summed E-state index contributed by atoms with van der Waals surface area (Å²) >= 11 is 5.33. The van der Waals surface area contributed by atoms with E-state index in [0.29, 0.717) is 5.11 Å². The first-order chi connectivity index (χ1) is 10.3. The number of thiocarbonyl (C=S) groups is 1. The summed E-state index contributed by atoms with van der Waals surface area (Å²) in [5, 5.41) is 6.87. The van der Waals surface area contributed by atoms with E-state index in [9.17, 15) is 0 Å². The number of benzene rings is 2. The molecule has 1 heterocycles. The quantitative estimate of drug-likeness (QED) is 0.789. The standard InChI is InChI=1S/C17H15N3S/c21-17(19-15-8-2-1-3-9-15)20-16-12-14-7-5-4-6-13(14)10-11-18-16/h1-11H,12H2,(H2,18,19,20,21). The van der Waals surface area contributed by atoms with Crippen LogP contribution in [0, 0.1) is 0 Å². The van der Waals surface area contributed by atoms with E-state index < -0.39 is 0 Å². The first-order valence-corrected chi connectivity index (χ1v) is 7.16. The Morgan fingerprint density at radius 1 is 0.952 bits per heavy atom. The molecule has 4 heteroatoms. The predicted molar refractivity (Wildman–Crippen MR) is 92.4 cm³/mol. The normalized spacial score (nSPS) is 12.9. The second-order valence-electron chi connectivity index (χ2n) is 4.71. The van der Waals surface area contributed by atoms with Gasteiger partial charge in [0, 0.05) is 18.3 Å². The van der Waals surface area contributed by atoms with Crippen LogP contribution in [0.5, 0.6) is 0 Å². The van der Waals surface area contributed by atoms with Crippen molar-refractivity contribution in [1.82, 2.24) is 5.32 Å². The predicted octanol–water partition coefficient (Wildman–Crippen LogP) is 3.60. The fraction of sp³-hybridized carbons (Fsp3) is 0.0588. The van der Waals surface area contributed by atoms with Crippen molar-refractivity contribution in [2.45, 2.75) is 6.42 Å². The van der Waals surface area contributed by atoms with E-state index >= 15 is 0 Å². The van der Waals surface area contributed by atoms with Crippen LogP contribution >= 0.6 is 12.2 Å². The van der Waals surface area contributed by atoms with Crippen molar-refractivity contribution in [3.05, 3.63) is 71.9 Å². The van der Waals surface area contributed by atoms with Gasteiger partial charge in [-0.25, -0.2) is 4.99 Å². The summed E-state index contributed by atoms with van der Waals surface area (Å²) in [6, 6.07) is 18.1. The SMILES string of the molecule is S=C(NC1=NC=Cc2ccccc2C1)Nc1ccccc1. The van der Waals surface area contributed by atoms with Crippen LogP contribution in [0.25, 0.3) is 6.08 Å². The van der Waals surface area contributed by atoms with Crippen LogP contribution in [0.1, 0.15) is 11.1 Å². The second kappa shape index (κ2) is 6.33. The molecule has 0 fully saturated rings. The number of rotatable bonds is 1. The number of amidine groups is 1. The smallest absolute Gasteiger partial charge is 0.176 e. The van der Waals surface area contributed by atoms with E-state index in [0.717, 1.165) is 17.9 Å². The maximum atomic E-state index is 5.33. The van der Waals surface area contributed by atoms with Gasteiger partial charge in [0.25, 0.3) is 0 Å². The van der Waals surface area contributed by atoms with Gasteiger partial charge in [0.1, 0.15) is 5.84 Å². The van der Waals surface area contributed by atoms with Crippen LogP contribution in [-0.4, -0.2) is 10.9 Å². The molecule has 0 saturated heterocycles.